The van der Waals surface area contributed by atoms with Gasteiger partial charge in [0.2, 0.25) is 0 Å². The van der Waals surface area contributed by atoms with Gasteiger partial charge in [0.25, 0.3) is 0 Å². The van der Waals surface area contributed by atoms with Gasteiger partial charge in [-0.2, -0.15) is 5.90 Å². The number of methoxy groups -OCH3 is 2. The Morgan fingerprint density at radius 1 is 1.17 bits per heavy atom. The van der Waals surface area contributed by atoms with Crippen molar-refractivity contribution in [3.05, 3.63) is 18.2 Å². The third kappa shape index (κ3) is 4.84. The highest BCUT2D eigenvalue weighted by Crippen LogP contribution is 2.32. The van der Waals surface area contributed by atoms with E-state index in [2.05, 4.69) is 4.84 Å². The van der Waals surface area contributed by atoms with E-state index in [-0.39, 0.29) is 17.2 Å². The van der Waals surface area contributed by atoms with Gasteiger partial charge in [0.05, 0.1) is 30.8 Å². The van der Waals surface area contributed by atoms with Gasteiger partial charge in [0.1, 0.15) is 0 Å². The Bertz CT molecular complexity index is 641. The van der Waals surface area contributed by atoms with Crippen LogP contribution in [0.1, 0.15) is 26.7 Å². The van der Waals surface area contributed by atoms with E-state index >= 15 is 0 Å². The van der Waals surface area contributed by atoms with Crippen molar-refractivity contribution in [2.75, 3.05) is 14.2 Å². The molecule has 1 unspecified atom stereocenters. The van der Waals surface area contributed by atoms with Crippen LogP contribution in [-0.2, 0) is 19.5 Å². The molecule has 0 fully saturated rings. The van der Waals surface area contributed by atoms with Crippen molar-refractivity contribution < 1.29 is 27.5 Å². The number of ether oxygens (including phenoxy) is 2. The first kappa shape index (κ1) is 19.2. The predicted octanol–water partition coefficient (Wildman–Crippen LogP) is 1.70. The highest BCUT2D eigenvalue weighted by Gasteiger charge is 2.31. The van der Waals surface area contributed by atoms with Gasteiger partial charge in [-0.1, -0.05) is 13.8 Å². The first-order valence-corrected chi connectivity index (χ1v) is 8.66. The van der Waals surface area contributed by atoms with Gasteiger partial charge in [0, 0.05) is 6.07 Å². The van der Waals surface area contributed by atoms with Crippen LogP contribution in [0.25, 0.3) is 0 Å². The smallest absolute Gasteiger partial charge is 0.325 e. The topological polar surface area (TPSA) is 105 Å². The highest BCUT2D eigenvalue weighted by molar-refractivity contribution is 7.92. The lowest BCUT2D eigenvalue weighted by Crippen LogP contribution is -2.28. The number of carbonyl (C=O) groups is 1. The monoisotopic (exact) mass is 345 g/mol. The molecule has 23 heavy (non-hydrogen) atoms. The standard InChI is InChI=1S/C15H23NO6S/c1-10(2)7-12(9-15(17)22-16)23(18,19)11-5-6-13(20-3)14(8-11)21-4/h5-6,8,10,12H,7,9,16H2,1-4H3. The molecule has 0 aliphatic heterocycles. The van der Waals surface area contributed by atoms with Gasteiger partial charge in [0.15, 0.2) is 21.3 Å². The molecule has 0 radical (unpaired) electrons. The molecule has 0 aliphatic rings. The van der Waals surface area contributed by atoms with Crippen molar-refractivity contribution in [1.82, 2.24) is 0 Å². The fraction of sp³-hybridized carbons (Fsp3) is 0.533. The van der Waals surface area contributed by atoms with Gasteiger partial charge in [-0.25, -0.2) is 8.42 Å². The largest absolute Gasteiger partial charge is 0.493 e. The third-order valence-corrected chi connectivity index (χ3v) is 5.53. The summed E-state index contributed by atoms with van der Waals surface area (Å²) < 4.78 is 35.9. The number of rotatable bonds is 8. The summed E-state index contributed by atoms with van der Waals surface area (Å²) in [5.74, 6) is 4.88. The van der Waals surface area contributed by atoms with Crippen LogP contribution in [0, 0.1) is 5.92 Å². The molecule has 1 aromatic rings. The number of hydrogen-bond donors (Lipinski definition) is 1. The number of sulfone groups is 1. The lowest BCUT2D eigenvalue weighted by molar-refractivity contribution is -0.144. The minimum atomic E-state index is -3.75. The van der Waals surface area contributed by atoms with E-state index in [4.69, 9.17) is 15.4 Å². The van der Waals surface area contributed by atoms with Crippen molar-refractivity contribution in [2.45, 2.75) is 36.8 Å². The van der Waals surface area contributed by atoms with Crippen molar-refractivity contribution in [3.8, 4) is 11.5 Å². The Balaban J connectivity index is 3.25. The first-order chi connectivity index (χ1) is 10.8. The second-order valence-corrected chi connectivity index (χ2v) is 7.74. The molecule has 0 aliphatic carbocycles. The van der Waals surface area contributed by atoms with E-state index in [0.717, 1.165) is 0 Å². The Kier molecular flexibility index (Phi) is 6.83. The maximum absolute atomic E-state index is 12.8. The summed E-state index contributed by atoms with van der Waals surface area (Å²) in [7, 11) is -0.865. The number of benzene rings is 1. The lowest BCUT2D eigenvalue weighted by Gasteiger charge is -2.19. The molecular formula is C15H23NO6S. The minimum absolute atomic E-state index is 0.0608. The molecule has 130 valence electrons. The van der Waals surface area contributed by atoms with E-state index in [1.165, 1.54) is 32.4 Å². The molecule has 0 aromatic heterocycles. The Morgan fingerprint density at radius 2 is 1.78 bits per heavy atom. The van der Waals surface area contributed by atoms with Crippen LogP contribution in [0.2, 0.25) is 0 Å². The molecule has 0 bridgehead atoms. The van der Waals surface area contributed by atoms with Crippen LogP contribution < -0.4 is 15.4 Å². The van der Waals surface area contributed by atoms with E-state index in [1.54, 1.807) is 0 Å². The van der Waals surface area contributed by atoms with Crippen LogP contribution in [0.4, 0.5) is 0 Å². The minimum Gasteiger partial charge on any atom is -0.493 e. The van der Waals surface area contributed by atoms with E-state index in [9.17, 15) is 13.2 Å². The maximum Gasteiger partial charge on any atom is 0.325 e. The molecule has 2 N–H and O–H groups in total. The zero-order valence-electron chi connectivity index (χ0n) is 13.7. The highest BCUT2D eigenvalue weighted by atomic mass is 32.2. The summed E-state index contributed by atoms with van der Waals surface area (Å²) in [5.41, 5.74) is 0. The van der Waals surface area contributed by atoms with Crippen molar-refractivity contribution in [3.63, 3.8) is 0 Å². The van der Waals surface area contributed by atoms with Gasteiger partial charge >= 0.3 is 5.97 Å². The molecule has 0 heterocycles. The average molecular weight is 345 g/mol. The summed E-state index contributed by atoms with van der Waals surface area (Å²) in [6, 6.07) is 4.33. The fourth-order valence-electron chi connectivity index (χ4n) is 2.27. The SMILES string of the molecule is COc1ccc(S(=O)(=O)C(CC(=O)ON)CC(C)C)cc1OC. The normalized spacial score (nSPS) is 12.8. The van der Waals surface area contributed by atoms with Crippen LogP contribution >= 0.6 is 0 Å². The quantitative estimate of drug-likeness (QED) is 0.715. The van der Waals surface area contributed by atoms with E-state index < -0.39 is 21.1 Å². The zero-order valence-corrected chi connectivity index (χ0v) is 14.6. The number of hydrogen-bond acceptors (Lipinski definition) is 7. The van der Waals surface area contributed by atoms with Crippen molar-refractivity contribution in [2.24, 2.45) is 11.8 Å². The first-order valence-electron chi connectivity index (χ1n) is 7.11. The molecule has 1 rings (SSSR count). The van der Waals surface area contributed by atoms with Crippen molar-refractivity contribution >= 4 is 15.8 Å². The Morgan fingerprint density at radius 3 is 2.26 bits per heavy atom. The van der Waals surface area contributed by atoms with Crippen LogP contribution in [0.5, 0.6) is 11.5 Å². The summed E-state index contributed by atoms with van der Waals surface area (Å²) in [4.78, 5) is 15.6. The van der Waals surface area contributed by atoms with Gasteiger partial charge in [-0.3, -0.25) is 4.79 Å². The second kappa shape index (κ2) is 8.16. The third-order valence-electron chi connectivity index (χ3n) is 3.38. The molecule has 1 atom stereocenters. The molecule has 8 heteroatoms. The van der Waals surface area contributed by atoms with Crippen LogP contribution in [-0.4, -0.2) is 33.9 Å². The maximum atomic E-state index is 12.8. The van der Waals surface area contributed by atoms with Gasteiger partial charge in [-0.05, 0) is 24.5 Å². The average Bonchev–Trinajstić information content (AvgIpc) is 2.52. The lowest BCUT2D eigenvalue weighted by atomic mass is 10.1. The summed E-state index contributed by atoms with van der Waals surface area (Å²) >= 11 is 0. The molecule has 7 nitrogen and oxygen atoms in total. The Hall–Kier alpha value is -1.80. The fourth-order valence-corrected chi connectivity index (χ4v) is 4.17. The van der Waals surface area contributed by atoms with Gasteiger partial charge in [-0.15, -0.1) is 0 Å². The predicted molar refractivity (Wildman–Crippen MR) is 84.9 cm³/mol. The second-order valence-electron chi connectivity index (χ2n) is 5.51. The summed E-state index contributed by atoms with van der Waals surface area (Å²) in [5, 5.41) is -0.920. The van der Waals surface area contributed by atoms with Gasteiger partial charge < -0.3 is 14.3 Å². The van der Waals surface area contributed by atoms with Crippen LogP contribution in [0.15, 0.2) is 23.1 Å². The molecule has 0 amide bonds. The van der Waals surface area contributed by atoms with Crippen LogP contribution in [0.3, 0.4) is 0 Å². The molecular weight excluding hydrogens is 322 g/mol. The van der Waals surface area contributed by atoms with Crippen molar-refractivity contribution in [1.29, 1.82) is 0 Å². The number of carbonyl (C=O) groups excluding carboxylic acids is 1. The molecule has 0 saturated carbocycles. The molecule has 0 spiro atoms. The van der Waals surface area contributed by atoms with E-state index in [1.807, 2.05) is 13.8 Å². The zero-order chi connectivity index (χ0) is 17.6. The summed E-state index contributed by atoms with van der Waals surface area (Å²) in [6.45, 7) is 3.76. The summed E-state index contributed by atoms with van der Waals surface area (Å²) in [6.07, 6.45) is 0.0110. The number of nitrogens with two attached hydrogens (primary N) is 1. The van der Waals surface area contributed by atoms with E-state index in [0.29, 0.717) is 17.9 Å². The Labute approximate surface area is 136 Å². The molecule has 0 saturated heterocycles. The molecule has 1 aromatic carbocycles.